The van der Waals surface area contributed by atoms with Crippen LogP contribution in [0, 0.1) is 0 Å². The van der Waals surface area contributed by atoms with Gasteiger partial charge in [0.05, 0.1) is 6.04 Å². The van der Waals surface area contributed by atoms with E-state index >= 15 is 0 Å². The second-order valence-corrected chi connectivity index (χ2v) is 9.58. The van der Waals surface area contributed by atoms with Crippen molar-refractivity contribution in [3.05, 3.63) is 29.8 Å². The van der Waals surface area contributed by atoms with Crippen molar-refractivity contribution in [2.45, 2.75) is 69.1 Å². The predicted octanol–water partition coefficient (Wildman–Crippen LogP) is -2.37. The number of carboxylic acids is 1. The van der Waals surface area contributed by atoms with Gasteiger partial charge in [-0.3, -0.25) is 24.2 Å². The minimum Gasteiger partial charge on any atom is -0.508 e. The molecule has 0 saturated carbocycles. The second kappa shape index (κ2) is 15.3. The molecule has 4 atom stereocenters. The van der Waals surface area contributed by atoms with Crippen molar-refractivity contribution in [2.75, 3.05) is 13.1 Å². The van der Waals surface area contributed by atoms with Crippen molar-refractivity contribution in [3.8, 4) is 5.75 Å². The van der Waals surface area contributed by atoms with Crippen LogP contribution >= 0.6 is 0 Å². The average molecular weight is 563 g/mol. The highest BCUT2D eigenvalue weighted by Gasteiger charge is 2.38. The van der Waals surface area contributed by atoms with Crippen LogP contribution in [0.2, 0.25) is 0 Å². The van der Waals surface area contributed by atoms with Crippen LogP contribution in [0.15, 0.2) is 29.3 Å². The molecule has 1 heterocycles. The van der Waals surface area contributed by atoms with Crippen molar-refractivity contribution in [2.24, 2.45) is 27.9 Å². The molecule has 1 aliphatic rings. The Labute approximate surface area is 231 Å². The average Bonchev–Trinajstić information content (AvgIpc) is 3.39. The third-order valence-electron chi connectivity index (χ3n) is 6.43. The summed E-state index contributed by atoms with van der Waals surface area (Å²) in [6, 6.07) is 1.49. The lowest BCUT2D eigenvalue weighted by Crippen LogP contribution is -2.56. The smallest absolute Gasteiger partial charge is 0.326 e. The lowest BCUT2D eigenvalue weighted by atomic mass is 10.0. The molecular formula is C25H38N8O7. The molecule has 1 aliphatic heterocycles. The number of nitrogens with two attached hydrogens (primary N) is 4. The van der Waals surface area contributed by atoms with Crippen molar-refractivity contribution in [3.63, 3.8) is 0 Å². The van der Waals surface area contributed by atoms with Gasteiger partial charge in [0.15, 0.2) is 5.96 Å². The van der Waals surface area contributed by atoms with Crippen LogP contribution in [0.5, 0.6) is 5.75 Å². The molecule has 0 aromatic heterocycles. The fourth-order valence-electron chi connectivity index (χ4n) is 4.32. The Hall–Kier alpha value is -4.40. The van der Waals surface area contributed by atoms with Crippen molar-refractivity contribution in [1.29, 1.82) is 0 Å². The van der Waals surface area contributed by atoms with Gasteiger partial charge in [-0.25, -0.2) is 4.79 Å². The maximum Gasteiger partial charge on any atom is 0.326 e. The zero-order chi connectivity index (χ0) is 29.8. The van der Waals surface area contributed by atoms with E-state index in [0.29, 0.717) is 18.4 Å². The summed E-state index contributed by atoms with van der Waals surface area (Å²) in [5.74, 6) is -3.86. The first-order valence-corrected chi connectivity index (χ1v) is 12.9. The van der Waals surface area contributed by atoms with Crippen LogP contribution in [-0.2, 0) is 30.4 Å². The summed E-state index contributed by atoms with van der Waals surface area (Å²) in [6.07, 6.45) is 1.12. The molecule has 15 heteroatoms. The number of carbonyl (C=O) groups is 5. The standard InChI is InChI=1S/C25H38N8O7/c26-16(9-10-20(27)35)23(38)33-12-2-4-19(33)22(37)31-17(3-1-11-30-25(28)29)21(36)32-18(24(39)40)13-14-5-7-15(34)8-6-14/h5-8,16-19,34H,1-4,9-13,26H2,(H2,27,35)(H,31,37)(H,32,36)(H,39,40)(H4,28,29,30). The maximum absolute atomic E-state index is 13.2. The molecule has 4 amide bonds. The number of benzene rings is 1. The van der Waals surface area contributed by atoms with E-state index in [1.807, 2.05) is 0 Å². The Bertz CT molecular complexity index is 1090. The number of phenols is 1. The number of aliphatic carboxylic acids is 1. The lowest BCUT2D eigenvalue weighted by molar-refractivity contribution is -0.143. The molecule has 15 nitrogen and oxygen atoms in total. The molecule has 1 fully saturated rings. The molecule has 0 radical (unpaired) electrons. The number of guanidine groups is 1. The fraction of sp³-hybridized carbons (Fsp3) is 0.520. The van der Waals surface area contributed by atoms with Crippen LogP contribution in [0.3, 0.4) is 0 Å². The molecule has 1 saturated heterocycles. The van der Waals surface area contributed by atoms with Crippen LogP contribution in [0.1, 0.15) is 44.1 Å². The number of hydrogen-bond donors (Lipinski definition) is 8. The van der Waals surface area contributed by atoms with Gasteiger partial charge < -0.3 is 48.7 Å². The number of hydrogen-bond acceptors (Lipinski definition) is 8. The van der Waals surface area contributed by atoms with Crippen LogP contribution in [0.4, 0.5) is 0 Å². The Morgan fingerprint density at radius 1 is 1.02 bits per heavy atom. The van der Waals surface area contributed by atoms with E-state index in [0.717, 1.165) is 0 Å². The fourth-order valence-corrected chi connectivity index (χ4v) is 4.32. The Kier molecular flexibility index (Phi) is 12.1. The van der Waals surface area contributed by atoms with Gasteiger partial charge in [-0.2, -0.15) is 0 Å². The minimum absolute atomic E-state index is 0.0106. The van der Waals surface area contributed by atoms with Crippen LogP contribution in [-0.4, -0.2) is 87.9 Å². The summed E-state index contributed by atoms with van der Waals surface area (Å²) in [5, 5.41) is 24.3. The van der Waals surface area contributed by atoms with Crippen molar-refractivity contribution in [1.82, 2.24) is 15.5 Å². The highest BCUT2D eigenvalue weighted by atomic mass is 16.4. The van der Waals surface area contributed by atoms with E-state index in [-0.39, 0.29) is 56.9 Å². The summed E-state index contributed by atoms with van der Waals surface area (Å²) < 4.78 is 0. The number of phenolic OH excluding ortho intramolecular Hbond substituents is 1. The first-order valence-electron chi connectivity index (χ1n) is 12.9. The van der Waals surface area contributed by atoms with Crippen molar-refractivity contribution >= 4 is 35.6 Å². The lowest BCUT2D eigenvalue weighted by Gasteiger charge is -2.28. The van der Waals surface area contributed by atoms with E-state index < -0.39 is 53.8 Å². The number of carboxylic acid groups (broad SMARTS) is 1. The van der Waals surface area contributed by atoms with Crippen LogP contribution < -0.4 is 33.6 Å². The summed E-state index contributed by atoms with van der Waals surface area (Å²) >= 11 is 0. The first kappa shape index (κ1) is 31.8. The molecule has 1 aromatic carbocycles. The largest absolute Gasteiger partial charge is 0.508 e. The number of carbonyl (C=O) groups excluding carboxylic acids is 4. The van der Waals surface area contributed by atoms with Gasteiger partial charge in [0.2, 0.25) is 23.6 Å². The van der Waals surface area contributed by atoms with Gasteiger partial charge in [0.1, 0.15) is 23.9 Å². The monoisotopic (exact) mass is 562 g/mol. The van der Waals surface area contributed by atoms with Gasteiger partial charge in [0.25, 0.3) is 0 Å². The highest BCUT2D eigenvalue weighted by molar-refractivity contribution is 5.94. The SMILES string of the molecule is NC(=O)CCC(N)C(=O)N1CCCC1C(=O)NC(CCCN=C(N)N)C(=O)NC(Cc1ccc(O)cc1)C(=O)O. The quantitative estimate of drug-likeness (QED) is 0.0639. The number of likely N-dealkylation sites (tertiary alicyclic amines) is 1. The van der Waals surface area contributed by atoms with Crippen LogP contribution in [0.25, 0.3) is 0 Å². The molecule has 1 aromatic rings. The molecule has 2 rings (SSSR count). The number of nitrogens with one attached hydrogen (secondary N) is 2. The zero-order valence-corrected chi connectivity index (χ0v) is 22.1. The normalized spacial score (nSPS) is 16.8. The van der Waals surface area contributed by atoms with Gasteiger partial charge in [0, 0.05) is 25.9 Å². The summed E-state index contributed by atoms with van der Waals surface area (Å²) in [4.78, 5) is 67.4. The summed E-state index contributed by atoms with van der Waals surface area (Å²) in [6.45, 7) is 0.441. The first-order chi connectivity index (χ1) is 18.9. The molecule has 12 N–H and O–H groups in total. The maximum atomic E-state index is 13.2. The third-order valence-corrected chi connectivity index (χ3v) is 6.43. The summed E-state index contributed by atoms with van der Waals surface area (Å²) in [7, 11) is 0. The Morgan fingerprint density at radius 3 is 2.30 bits per heavy atom. The second-order valence-electron chi connectivity index (χ2n) is 9.58. The van der Waals surface area contributed by atoms with E-state index in [2.05, 4.69) is 15.6 Å². The number of rotatable bonds is 15. The molecule has 40 heavy (non-hydrogen) atoms. The Morgan fingerprint density at radius 2 is 1.70 bits per heavy atom. The number of aliphatic imine (C=N–C) groups is 1. The van der Waals surface area contributed by atoms with Gasteiger partial charge in [-0.15, -0.1) is 0 Å². The molecule has 0 aliphatic carbocycles. The molecule has 4 unspecified atom stereocenters. The van der Waals surface area contributed by atoms with E-state index in [4.69, 9.17) is 22.9 Å². The molecule has 220 valence electrons. The van der Waals surface area contributed by atoms with E-state index in [9.17, 15) is 34.2 Å². The molecular weight excluding hydrogens is 524 g/mol. The Balaban J connectivity index is 2.14. The van der Waals surface area contributed by atoms with Gasteiger partial charge >= 0.3 is 5.97 Å². The zero-order valence-electron chi connectivity index (χ0n) is 22.1. The number of nitrogens with zero attached hydrogens (tertiary/aromatic N) is 2. The highest BCUT2D eigenvalue weighted by Crippen LogP contribution is 2.20. The van der Waals surface area contributed by atoms with Gasteiger partial charge in [-0.1, -0.05) is 12.1 Å². The predicted molar refractivity (Wildman–Crippen MR) is 144 cm³/mol. The third kappa shape index (κ3) is 10.1. The van der Waals surface area contributed by atoms with Gasteiger partial charge in [-0.05, 0) is 49.8 Å². The number of aromatic hydroxyl groups is 1. The van der Waals surface area contributed by atoms with E-state index in [1.165, 1.54) is 29.2 Å². The number of primary amides is 1. The van der Waals surface area contributed by atoms with E-state index in [1.54, 1.807) is 0 Å². The van der Waals surface area contributed by atoms with Crippen molar-refractivity contribution < 1.29 is 34.2 Å². The molecule has 0 spiro atoms. The minimum atomic E-state index is -1.32. The topological polar surface area (TPSA) is 270 Å². The summed E-state index contributed by atoms with van der Waals surface area (Å²) in [5.41, 5.74) is 22.3. The number of amides is 4. The molecule has 0 bridgehead atoms.